The highest BCUT2D eigenvalue weighted by Gasteiger charge is 2.16. The van der Waals surface area contributed by atoms with Gasteiger partial charge in [-0.25, -0.2) is 9.20 Å². The average molecular weight is 200 g/mol. The van der Waals surface area contributed by atoms with E-state index in [2.05, 4.69) is 0 Å². The molecule has 0 spiro atoms. The van der Waals surface area contributed by atoms with Crippen molar-refractivity contribution < 1.29 is 9.51 Å². The second-order valence-corrected chi connectivity index (χ2v) is 3.58. The summed E-state index contributed by atoms with van der Waals surface area (Å²) in [5.74, 6) is -0.239. The van der Waals surface area contributed by atoms with E-state index in [9.17, 15) is 9.90 Å². The van der Waals surface area contributed by atoms with Crippen molar-refractivity contribution in [3.8, 4) is 5.88 Å². The molecule has 0 N–H and O–H groups in total. The van der Waals surface area contributed by atoms with Gasteiger partial charge < -0.3 is 5.11 Å². The van der Waals surface area contributed by atoms with E-state index in [1.54, 1.807) is 25.4 Å². The maximum atomic E-state index is 11.8. The molecule has 3 aromatic rings. The summed E-state index contributed by atoms with van der Waals surface area (Å²) in [6.45, 7) is 1.56. The van der Waals surface area contributed by atoms with Gasteiger partial charge in [-0.1, -0.05) is 0 Å². The molecule has 0 saturated carbocycles. The van der Waals surface area contributed by atoms with Crippen LogP contribution in [-0.4, -0.2) is 4.40 Å². The van der Waals surface area contributed by atoms with Crippen LogP contribution in [0.5, 0.6) is 5.88 Å². The number of hydrogen-bond acceptors (Lipinski definition) is 2. The monoisotopic (exact) mass is 200 g/mol. The topological polar surface area (TPSA) is 48.6 Å². The highest BCUT2D eigenvalue weighted by Crippen LogP contribution is 2.12. The number of rotatable bonds is 0. The molecule has 3 heterocycles. The zero-order chi connectivity index (χ0) is 10.6. The molecule has 0 aliphatic rings. The maximum Gasteiger partial charge on any atom is 0.344 e. The SMILES string of the molecule is Cc1c([O-])[n+]2cccc3ccn(c1=O)c32. The van der Waals surface area contributed by atoms with Crippen LogP contribution in [0.4, 0.5) is 0 Å². The minimum atomic E-state index is -0.239. The Bertz CT molecular complexity index is 715. The molecular weight excluding hydrogens is 192 g/mol. The van der Waals surface area contributed by atoms with Crippen LogP contribution in [0.15, 0.2) is 35.4 Å². The maximum absolute atomic E-state index is 11.8. The van der Waals surface area contributed by atoms with Crippen molar-refractivity contribution in [1.82, 2.24) is 4.40 Å². The lowest BCUT2D eigenvalue weighted by Gasteiger charge is -2.07. The minimum Gasteiger partial charge on any atom is -0.842 e. The molecule has 0 saturated heterocycles. The molecule has 74 valence electrons. The molecule has 0 fully saturated rings. The Morgan fingerprint density at radius 3 is 3.00 bits per heavy atom. The summed E-state index contributed by atoms with van der Waals surface area (Å²) in [6.07, 6.45) is 3.37. The normalized spacial score (nSPS) is 11.5. The van der Waals surface area contributed by atoms with Crippen molar-refractivity contribution in [2.75, 3.05) is 0 Å². The Morgan fingerprint density at radius 2 is 2.20 bits per heavy atom. The molecule has 15 heavy (non-hydrogen) atoms. The van der Waals surface area contributed by atoms with Gasteiger partial charge in [-0.05, 0) is 25.1 Å². The van der Waals surface area contributed by atoms with E-state index in [4.69, 9.17) is 0 Å². The van der Waals surface area contributed by atoms with Crippen LogP contribution < -0.4 is 15.1 Å². The van der Waals surface area contributed by atoms with Gasteiger partial charge in [-0.3, -0.25) is 0 Å². The van der Waals surface area contributed by atoms with E-state index in [1.807, 2.05) is 12.1 Å². The Kier molecular flexibility index (Phi) is 1.36. The third-order valence-electron chi connectivity index (χ3n) is 2.71. The molecule has 0 amide bonds. The predicted octanol–water partition coefficient (Wildman–Crippen LogP) is -0.142. The summed E-state index contributed by atoms with van der Waals surface area (Å²) in [6, 6.07) is 5.51. The van der Waals surface area contributed by atoms with Crippen LogP contribution >= 0.6 is 0 Å². The first kappa shape index (κ1) is 8.23. The van der Waals surface area contributed by atoms with Crippen molar-refractivity contribution in [2.24, 2.45) is 0 Å². The van der Waals surface area contributed by atoms with Crippen LogP contribution in [0, 0.1) is 6.92 Å². The van der Waals surface area contributed by atoms with Gasteiger partial charge in [0.25, 0.3) is 0 Å². The molecule has 0 radical (unpaired) electrons. The van der Waals surface area contributed by atoms with Gasteiger partial charge in [0.05, 0.1) is 23.0 Å². The summed E-state index contributed by atoms with van der Waals surface area (Å²) in [5, 5.41) is 12.7. The van der Waals surface area contributed by atoms with Crippen LogP contribution in [-0.2, 0) is 0 Å². The van der Waals surface area contributed by atoms with E-state index in [-0.39, 0.29) is 17.0 Å². The third-order valence-corrected chi connectivity index (χ3v) is 2.71. The fraction of sp³-hybridized carbons (Fsp3) is 0.0909. The third kappa shape index (κ3) is 0.857. The predicted molar refractivity (Wildman–Crippen MR) is 52.2 cm³/mol. The van der Waals surface area contributed by atoms with Crippen LogP contribution in [0.25, 0.3) is 11.0 Å². The second kappa shape index (κ2) is 2.48. The molecule has 4 nitrogen and oxygen atoms in total. The smallest absolute Gasteiger partial charge is 0.344 e. The van der Waals surface area contributed by atoms with E-state index in [0.29, 0.717) is 5.65 Å². The largest absolute Gasteiger partial charge is 0.842 e. The number of aromatic nitrogens is 2. The molecule has 0 aliphatic carbocycles. The van der Waals surface area contributed by atoms with Crippen molar-refractivity contribution in [3.63, 3.8) is 0 Å². The first-order valence-electron chi connectivity index (χ1n) is 4.65. The van der Waals surface area contributed by atoms with E-state index in [1.165, 1.54) is 8.80 Å². The first-order valence-corrected chi connectivity index (χ1v) is 4.65. The lowest BCUT2D eigenvalue weighted by Crippen LogP contribution is -2.35. The van der Waals surface area contributed by atoms with E-state index in [0.717, 1.165) is 5.39 Å². The summed E-state index contributed by atoms with van der Waals surface area (Å²) in [7, 11) is 0. The zero-order valence-electron chi connectivity index (χ0n) is 8.10. The van der Waals surface area contributed by atoms with E-state index < -0.39 is 0 Å². The summed E-state index contributed by atoms with van der Waals surface area (Å²) < 4.78 is 3.01. The number of pyridine rings is 1. The minimum absolute atomic E-state index is 0.235. The molecule has 0 unspecified atom stereocenters. The number of hydrogen-bond donors (Lipinski definition) is 0. The molecule has 3 aromatic heterocycles. The molecule has 0 atom stereocenters. The summed E-state index contributed by atoms with van der Waals surface area (Å²) >= 11 is 0. The van der Waals surface area contributed by atoms with E-state index >= 15 is 0 Å². The Balaban J connectivity index is 2.80. The van der Waals surface area contributed by atoms with Crippen LogP contribution in [0.2, 0.25) is 0 Å². The van der Waals surface area contributed by atoms with Crippen LogP contribution in [0.1, 0.15) is 5.56 Å². The lowest BCUT2D eigenvalue weighted by molar-refractivity contribution is -0.587. The first-order chi connectivity index (χ1) is 7.20. The fourth-order valence-corrected chi connectivity index (χ4v) is 1.91. The quantitative estimate of drug-likeness (QED) is 0.474. The Hall–Kier alpha value is -2.10. The van der Waals surface area contributed by atoms with Gasteiger partial charge in [-0.2, -0.15) is 4.40 Å². The highest BCUT2D eigenvalue weighted by atomic mass is 16.3. The molecule has 0 aromatic carbocycles. The fourth-order valence-electron chi connectivity index (χ4n) is 1.91. The van der Waals surface area contributed by atoms with Crippen molar-refractivity contribution in [1.29, 1.82) is 0 Å². The molecule has 0 aliphatic heterocycles. The van der Waals surface area contributed by atoms with Gasteiger partial charge in [-0.15, -0.1) is 0 Å². The average Bonchev–Trinajstić information content (AvgIpc) is 2.68. The Morgan fingerprint density at radius 1 is 1.40 bits per heavy atom. The van der Waals surface area contributed by atoms with Gasteiger partial charge in [0.1, 0.15) is 6.20 Å². The Labute approximate surface area is 85.0 Å². The molecule has 0 bridgehead atoms. The highest BCUT2D eigenvalue weighted by molar-refractivity contribution is 5.73. The van der Waals surface area contributed by atoms with Gasteiger partial charge in [0, 0.05) is 0 Å². The van der Waals surface area contributed by atoms with Crippen molar-refractivity contribution in [2.45, 2.75) is 6.92 Å². The zero-order valence-corrected chi connectivity index (χ0v) is 8.10. The summed E-state index contributed by atoms with van der Waals surface area (Å²) in [5.41, 5.74) is 0.663. The molecule has 4 heteroatoms. The van der Waals surface area contributed by atoms with Gasteiger partial charge in [0.2, 0.25) is 0 Å². The van der Waals surface area contributed by atoms with Gasteiger partial charge in [0.15, 0.2) is 0 Å². The molecule has 3 rings (SSSR count). The summed E-state index contributed by atoms with van der Waals surface area (Å²) in [4.78, 5) is 11.8. The number of nitrogens with zero attached hydrogens (tertiary/aromatic N) is 2. The molecular formula is C11H8N2O2. The standard InChI is InChI=1S/C11H8N2O2/c1-7-10(14)12-5-2-3-8-4-6-13(9(8)12)11(7)15/h2-6H,1H3. The van der Waals surface area contributed by atoms with Crippen molar-refractivity contribution in [3.05, 3.63) is 46.5 Å². The second-order valence-electron chi connectivity index (χ2n) is 3.58. The lowest BCUT2D eigenvalue weighted by atomic mass is 10.3. The van der Waals surface area contributed by atoms with Crippen molar-refractivity contribution >= 4 is 11.0 Å². The van der Waals surface area contributed by atoms with Crippen LogP contribution in [0.3, 0.4) is 0 Å². The van der Waals surface area contributed by atoms with Gasteiger partial charge >= 0.3 is 11.2 Å².